The molecule has 1 aromatic rings. The van der Waals surface area contributed by atoms with E-state index in [4.69, 9.17) is 9.47 Å². The fourth-order valence-electron chi connectivity index (χ4n) is 2.78. The van der Waals surface area contributed by atoms with Crippen molar-refractivity contribution >= 4 is 0 Å². The van der Waals surface area contributed by atoms with Gasteiger partial charge in [-0.15, -0.1) is 0 Å². The lowest BCUT2D eigenvalue weighted by Crippen LogP contribution is -2.53. The largest absolute Gasteiger partial charge is 0.492 e. The quantitative estimate of drug-likeness (QED) is 0.688. The molecule has 1 aromatic carbocycles. The van der Waals surface area contributed by atoms with Gasteiger partial charge in [0.2, 0.25) is 0 Å². The van der Waals surface area contributed by atoms with E-state index in [-0.39, 0.29) is 5.82 Å². The van der Waals surface area contributed by atoms with Crippen LogP contribution in [0.2, 0.25) is 0 Å². The van der Waals surface area contributed by atoms with Gasteiger partial charge < -0.3 is 9.47 Å². The zero-order valence-electron chi connectivity index (χ0n) is 13.6. The van der Waals surface area contributed by atoms with E-state index in [1.807, 2.05) is 6.92 Å². The van der Waals surface area contributed by atoms with Crippen molar-refractivity contribution in [2.75, 3.05) is 52.5 Å². The lowest BCUT2D eigenvalue weighted by molar-refractivity contribution is 0.0447. The van der Waals surface area contributed by atoms with Gasteiger partial charge in [-0.05, 0) is 26.0 Å². The molecule has 22 heavy (non-hydrogen) atoms. The summed E-state index contributed by atoms with van der Waals surface area (Å²) in [4.78, 5) is 4.88. The van der Waals surface area contributed by atoms with E-state index in [2.05, 4.69) is 16.7 Å². The van der Waals surface area contributed by atoms with Crippen molar-refractivity contribution in [3.8, 4) is 5.75 Å². The molecule has 0 spiro atoms. The standard InChI is InChI=1S/C17H27FN2O2/c1-3-21-11-10-20-8-7-19(14-15(20)2)9-12-22-17-6-4-5-16(18)13-17/h4-6,13,15H,3,7-12,14H2,1-2H3/t15-/m0/s1. The van der Waals surface area contributed by atoms with Gasteiger partial charge in [-0.2, -0.15) is 0 Å². The minimum Gasteiger partial charge on any atom is -0.492 e. The number of hydrogen-bond acceptors (Lipinski definition) is 4. The van der Waals surface area contributed by atoms with E-state index in [0.29, 0.717) is 18.4 Å². The summed E-state index contributed by atoms with van der Waals surface area (Å²) < 4.78 is 24.1. The van der Waals surface area contributed by atoms with E-state index in [9.17, 15) is 4.39 Å². The van der Waals surface area contributed by atoms with Gasteiger partial charge in [-0.25, -0.2) is 4.39 Å². The van der Waals surface area contributed by atoms with E-state index in [1.165, 1.54) is 12.1 Å². The van der Waals surface area contributed by atoms with Gasteiger partial charge in [0.1, 0.15) is 18.2 Å². The molecule has 0 unspecified atom stereocenters. The fraction of sp³-hybridized carbons (Fsp3) is 0.647. The first-order chi connectivity index (χ1) is 10.7. The number of ether oxygens (including phenoxy) is 2. The number of benzene rings is 1. The van der Waals surface area contributed by atoms with E-state index in [1.54, 1.807) is 12.1 Å². The maximum atomic E-state index is 13.1. The maximum Gasteiger partial charge on any atom is 0.126 e. The van der Waals surface area contributed by atoms with Crippen LogP contribution in [0, 0.1) is 5.82 Å². The zero-order chi connectivity index (χ0) is 15.8. The van der Waals surface area contributed by atoms with Crippen molar-refractivity contribution in [2.45, 2.75) is 19.9 Å². The first-order valence-electron chi connectivity index (χ1n) is 8.11. The van der Waals surface area contributed by atoms with E-state index >= 15 is 0 Å². The van der Waals surface area contributed by atoms with Crippen molar-refractivity contribution in [1.29, 1.82) is 0 Å². The summed E-state index contributed by atoms with van der Waals surface area (Å²) in [7, 11) is 0. The Bertz CT molecular complexity index is 444. The summed E-state index contributed by atoms with van der Waals surface area (Å²) in [5.41, 5.74) is 0. The molecule has 1 heterocycles. The molecule has 0 aromatic heterocycles. The Morgan fingerprint density at radius 2 is 2.09 bits per heavy atom. The fourth-order valence-corrected chi connectivity index (χ4v) is 2.78. The Hall–Kier alpha value is -1.17. The molecule has 0 saturated carbocycles. The zero-order valence-corrected chi connectivity index (χ0v) is 13.6. The van der Waals surface area contributed by atoms with Crippen LogP contribution in [0.1, 0.15) is 13.8 Å². The van der Waals surface area contributed by atoms with Crippen LogP contribution >= 0.6 is 0 Å². The van der Waals surface area contributed by atoms with Gasteiger partial charge in [-0.1, -0.05) is 6.07 Å². The third kappa shape index (κ3) is 5.55. The molecular weight excluding hydrogens is 283 g/mol. The molecule has 1 aliphatic heterocycles. The Labute approximate surface area is 132 Å². The predicted octanol–water partition coefficient (Wildman–Crippen LogP) is 2.25. The van der Waals surface area contributed by atoms with Crippen LogP contribution in [-0.2, 0) is 4.74 Å². The molecule has 0 aliphatic carbocycles. The monoisotopic (exact) mass is 310 g/mol. The third-order valence-electron chi connectivity index (χ3n) is 4.05. The number of nitrogens with zero attached hydrogens (tertiary/aromatic N) is 2. The molecular formula is C17H27FN2O2. The second kappa shape index (κ2) is 9.08. The minimum absolute atomic E-state index is 0.256. The van der Waals surface area contributed by atoms with Crippen LogP contribution < -0.4 is 4.74 Å². The lowest BCUT2D eigenvalue weighted by Gasteiger charge is -2.39. The van der Waals surface area contributed by atoms with Crippen molar-refractivity contribution < 1.29 is 13.9 Å². The highest BCUT2D eigenvalue weighted by Crippen LogP contribution is 2.13. The predicted molar refractivity (Wildman–Crippen MR) is 85.9 cm³/mol. The highest BCUT2D eigenvalue weighted by atomic mass is 19.1. The van der Waals surface area contributed by atoms with Crippen molar-refractivity contribution in [2.24, 2.45) is 0 Å². The Kier molecular flexibility index (Phi) is 7.09. The molecule has 0 radical (unpaired) electrons. The SMILES string of the molecule is CCOCCN1CCN(CCOc2cccc(F)c2)C[C@@H]1C. The normalized spacial score (nSPS) is 20.2. The minimum atomic E-state index is -0.256. The molecule has 0 N–H and O–H groups in total. The molecule has 0 bridgehead atoms. The molecule has 1 saturated heterocycles. The molecule has 1 fully saturated rings. The number of hydrogen-bond donors (Lipinski definition) is 0. The summed E-state index contributed by atoms with van der Waals surface area (Å²) in [5.74, 6) is 0.345. The van der Waals surface area contributed by atoms with Crippen LogP contribution in [0.25, 0.3) is 0 Å². The van der Waals surface area contributed by atoms with Gasteiger partial charge >= 0.3 is 0 Å². The molecule has 0 amide bonds. The van der Waals surface area contributed by atoms with Crippen LogP contribution in [0.5, 0.6) is 5.75 Å². The van der Waals surface area contributed by atoms with Gasteiger partial charge in [0.15, 0.2) is 0 Å². The van der Waals surface area contributed by atoms with Crippen LogP contribution in [0.4, 0.5) is 4.39 Å². The topological polar surface area (TPSA) is 24.9 Å². The second-order valence-corrected chi connectivity index (χ2v) is 5.69. The van der Waals surface area contributed by atoms with Crippen molar-refractivity contribution in [3.05, 3.63) is 30.1 Å². The van der Waals surface area contributed by atoms with E-state index in [0.717, 1.165) is 45.9 Å². The average molecular weight is 310 g/mol. The molecule has 1 atom stereocenters. The summed E-state index contributed by atoms with van der Waals surface area (Å²) >= 11 is 0. The number of rotatable bonds is 8. The maximum absolute atomic E-state index is 13.1. The Morgan fingerprint density at radius 1 is 1.23 bits per heavy atom. The van der Waals surface area contributed by atoms with Crippen LogP contribution in [0.3, 0.4) is 0 Å². The highest BCUT2D eigenvalue weighted by Gasteiger charge is 2.22. The number of halogens is 1. The van der Waals surface area contributed by atoms with Crippen molar-refractivity contribution in [1.82, 2.24) is 9.80 Å². The van der Waals surface area contributed by atoms with Gasteiger partial charge in [0.05, 0.1) is 6.61 Å². The van der Waals surface area contributed by atoms with E-state index < -0.39 is 0 Å². The van der Waals surface area contributed by atoms with Crippen LogP contribution in [-0.4, -0.2) is 68.4 Å². The highest BCUT2D eigenvalue weighted by molar-refractivity contribution is 5.22. The lowest BCUT2D eigenvalue weighted by atomic mass is 10.2. The Balaban J connectivity index is 1.66. The smallest absolute Gasteiger partial charge is 0.126 e. The third-order valence-corrected chi connectivity index (χ3v) is 4.05. The molecule has 124 valence electrons. The average Bonchev–Trinajstić information content (AvgIpc) is 2.50. The van der Waals surface area contributed by atoms with Crippen LogP contribution in [0.15, 0.2) is 24.3 Å². The second-order valence-electron chi connectivity index (χ2n) is 5.69. The molecule has 4 nitrogen and oxygen atoms in total. The summed E-state index contributed by atoms with van der Waals surface area (Å²) in [6.45, 7) is 11.5. The first kappa shape index (κ1) is 17.2. The van der Waals surface area contributed by atoms with Gasteiger partial charge in [0, 0.05) is 51.4 Å². The summed E-state index contributed by atoms with van der Waals surface area (Å²) in [6, 6.07) is 6.84. The number of piperazine rings is 1. The summed E-state index contributed by atoms with van der Waals surface area (Å²) in [6.07, 6.45) is 0. The Morgan fingerprint density at radius 3 is 2.82 bits per heavy atom. The van der Waals surface area contributed by atoms with Gasteiger partial charge in [0.25, 0.3) is 0 Å². The molecule has 1 aliphatic rings. The summed E-state index contributed by atoms with van der Waals surface area (Å²) in [5, 5.41) is 0. The van der Waals surface area contributed by atoms with Gasteiger partial charge in [-0.3, -0.25) is 9.80 Å². The molecule has 2 rings (SSSR count). The molecule has 5 heteroatoms. The first-order valence-corrected chi connectivity index (χ1v) is 8.11. The van der Waals surface area contributed by atoms with Crippen molar-refractivity contribution in [3.63, 3.8) is 0 Å².